The average Bonchev–Trinajstić information content (AvgIpc) is 0.847. The van der Waals surface area contributed by atoms with Crippen molar-refractivity contribution in [2.24, 2.45) is 0 Å². The van der Waals surface area contributed by atoms with Gasteiger partial charge in [0.1, 0.15) is 46.2 Å². The van der Waals surface area contributed by atoms with Crippen molar-refractivity contribution in [2.45, 2.75) is 151 Å². The number of methoxy groups -OCH3 is 2. The first-order valence-electron chi connectivity index (χ1n) is 37.6. The summed E-state index contributed by atoms with van der Waals surface area (Å²) in [5.41, 5.74) is 24.1. The minimum atomic E-state index is -0.134. The zero-order valence-electron chi connectivity index (χ0n) is 66.7. The van der Waals surface area contributed by atoms with Gasteiger partial charge in [-0.3, -0.25) is 24.0 Å². The van der Waals surface area contributed by atoms with E-state index in [4.69, 9.17) is 9.47 Å². The van der Waals surface area contributed by atoms with Gasteiger partial charge in [0.2, 0.25) is 0 Å². The van der Waals surface area contributed by atoms with Crippen LogP contribution in [0, 0.1) is 13.8 Å². The summed E-state index contributed by atoms with van der Waals surface area (Å²) >= 11 is 0. The molecule has 0 saturated heterocycles. The highest BCUT2D eigenvalue weighted by Crippen LogP contribution is 2.32. The number of carbonyl (C=O) groups excluding carboxylic acids is 5. The molecule has 5 atom stereocenters. The van der Waals surface area contributed by atoms with E-state index in [-0.39, 0.29) is 59.1 Å². The summed E-state index contributed by atoms with van der Waals surface area (Å²) in [7, 11) is 12.5. The highest BCUT2D eigenvalue weighted by molar-refractivity contribution is 5.84. The summed E-state index contributed by atoms with van der Waals surface area (Å²) in [4.78, 5) is 57.5. The van der Waals surface area contributed by atoms with Crippen LogP contribution in [0.25, 0.3) is 55.6 Å². The van der Waals surface area contributed by atoms with E-state index in [1.54, 1.807) is 54.9 Å². The van der Waals surface area contributed by atoms with Crippen molar-refractivity contribution >= 4 is 28.9 Å². The summed E-state index contributed by atoms with van der Waals surface area (Å²) in [5, 5.41) is 24.9. The zero-order valence-corrected chi connectivity index (χ0v) is 66.7. The van der Waals surface area contributed by atoms with Crippen LogP contribution in [0.3, 0.4) is 0 Å². The van der Waals surface area contributed by atoms with Gasteiger partial charge in [0.25, 0.3) is 0 Å². The van der Waals surface area contributed by atoms with Gasteiger partial charge in [0.05, 0.1) is 44.4 Å². The van der Waals surface area contributed by atoms with Gasteiger partial charge in [-0.15, -0.1) is 0 Å². The summed E-state index contributed by atoms with van der Waals surface area (Å²) in [6.45, 7) is 18.7. The van der Waals surface area contributed by atoms with Crippen LogP contribution in [0.4, 0.5) is 0 Å². The SMILES string of the molecule is CCc1cc(O)ccc1-c1ccc(C[C@H](NC)C(C)=O)cc1.CCc1cc(OC)ccc1-c1ccc(C[C@H](NC)C(C)=O)cc1.CCc1ccccc1-c1ccc(C[C@H](NC)C(C)=O)cc1.CN[C@@H](Cc1ccc(-c2ccc(OC)cc2C)cc1)C(C)=O.CN[C@@H](Cc1ccc(-c2cccc(C)c2)cc1)C(C)=O. The summed E-state index contributed by atoms with van der Waals surface area (Å²) in [5.74, 6) is 2.90. The molecule has 0 saturated carbocycles. The number of phenols is 1. The topological polar surface area (TPSA) is 184 Å². The Morgan fingerprint density at radius 3 is 0.944 bits per heavy atom. The van der Waals surface area contributed by atoms with Crippen molar-refractivity contribution in [2.75, 3.05) is 49.5 Å². The van der Waals surface area contributed by atoms with Crippen LogP contribution < -0.4 is 36.1 Å². The zero-order chi connectivity index (χ0) is 78.8. The van der Waals surface area contributed by atoms with Crippen molar-refractivity contribution in [1.29, 1.82) is 0 Å². The maximum absolute atomic E-state index is 11.5. The van der Waals surface area contributed by atoms with Gasteiger partial charge in [-0.05, 0) is 277 Å². The van der Waals surface area contributed by atoms with Crippen LogP contribution in [0.5, 0.6) is 17.2 Å². The molecule has 13 heteroatoms. The van der Waals surface area contributed by atoms with Gasteiger partial charge < -0.3 is 41.2 Å². The third-order valence-electron chi connectivity index (χ3n) is 19.8. The van der Waals surface area contributed by atoms with Gasteiger partial charge in [0, 0.05) is 0 Å². The first-order chi connectivity index (χ1) is 51.9. The van der Waals surface area contributed by atoms with Crippen LogP contribution in [0.2, 0.25) is 0 Å². The van der Waals surface area contributed by atoms with Crippen LogP contribution in [0.1, 0.15) is 111 Å². The second-order valence-corrected chi connectivity index (χ2v) is 27.4. The lowest BCUT2D eigenvalue weighted by molar-refractivity contribution is -0.119. The van der Waals surface area contributed by atoms with E-state index in [0.717, 1.165) is 83.4 Å². The second-order valence-electron chi connectivity index (χ2n) is 27.4. The van der Waals surface area contributed by atoms with Crippen molar-refractivity contribution in [3.05, 3.63) is 280 Å². The molecule has 0 aliphatic carbocycles. The second kappa shape index (κ2) is 44.8. The fourth-order valence-corrected chi connectivity index (χ4v) is 13.0. The summed E-state index contributed by atoms with van der Waals surface area (Å²) < 4.78 is 10.6. The fraction of sp³-hybridized carbons (Fsp3) is 0.316. The highest BCUT2D eigenvalue weighted by atomic mass is 16.5. The Morgan fingerprint density at radius 2 is 0.620 bits per heavy atom. The van der Waals surface area contributed by atoms with E-state index in [2.05, 4.69) is 249 Å². The van der Waals surface area contributed by atoms with Gasteiger partial charge in [-0.2, -0.15) is 0 Å². The maximum Gasteiger partial charge on any atom is 0.147 e. The predicted octanol–water partition coefficient (Wildman–Crippen LogP) is 17.4. The molecule has 13 nitrogen and oxygen atoms in total. The van der Waals surface area contributed by atoms with Gasteiger partial charge in [0.15, 0.2) is 0 Å². The molecule has 6 N–H and O–H groups in total. The molecule has 108 heavy (non-hydrogen) atoms. The molecule has 0 heterocycles. The van der Waals surface area contributed by atoms with Crippen LogP contribution in [-0.4, -0.2) is 114 Å². The Balaban J connectivity index is 0.000000211. The molecule has 10 aromatic carbocycles. The highest BCUT2D eigenvalue weighted by Gasteiger charge is 2.18. The molecule has 0 aliphatic heterocycles. The minimum absolute atomic E-state index is 0.0974. The molecule has 0 bridgehead atoms. The van der Waals surface area contributed by atoms with E-state index >= 15 is 0 Å². The normalized spacial score (nSPS) is 12.1. The van der Waals surface area contributed by atoms with Gasteiger partial charge >= 0.3 is 0 Å². The molecule has 0 radical (unpaired) electrons. The van der Waals surface area contributed by atoms with Crippen molar-refractivity contribution in [3.63, 3.8) is 0 Å². The molecule has 0 amide bonds. The number of ketones is 5. The number of aromatic hydroxyl groups is 1. The molecular formula is C95H115N5O8. The smallest absolute Gasteiger partial charge is 0.147 e. The molecule has 10 aromatic rings. The number of nitrogens with one attached hydrogen (secondary N) is 5. The number of carbonyl (C=O) groups is 5. The summed E-state index contributed by atoms with van der Waals surface area (Å²) in [6, 6.07) is 76.3. The van der Waals surface area contributed by atoms with E-state index in [9.17, 15) is 29.1 Å². The molecule has 0 spiro atoms. The van der Waals surface area contributed by atoms with Crippen LogP contribution in [-0.2, 0) is 75.3 Å². The number of hydrogen-bond donors (Lipinski definition) is 6. The summed E-state index contributed by atoms with van der Waals surface area (Å²) in [6.07, 6.45) is 6.47. The Kier molecular flexibility index (Phi) is 35.9. The number of ether oxygens (including phenoxy) is 2. The molecule has 0 unspecified atom stereocenters. The van der Waals surface area contributed by atoms with Crippen LogP contribution in [0.15, 0.2) is 224 Å². The Bertz CT molecular complexity index is 4470. The van der Waals surface area contributed by atoms with Crippen molar-refractivity contribution in [3.8, 4) is 72.9 Å². The van der Waals surface area contributed by atoms with Gasteiger partial charge in [-0.1, -0.05) is 214 Å². The molecule has 0 aromatic heterocycles. The molecule has 568 valence electrons. The van der Waals surface area contributed by atoms with Gasteiger partial charge in [-0.25, -0.2) is 0 Å². The van der Waals surface area contributed by atoms with Crippen molar-refractivity contribution < 1.29 is 38.6 Å². The largest absolute Gasteiger partial charge is 0.508 e. The van der Waals surface area contributed by atoms with E-state index in [1.807, 2.05) is 65.6 Å². The first kappa shape index (κ1) is 86.7. The number of phenolic OH excluding ortho intramolecular Hbond substituents is 1. The standard InChI is InChI=1S/C20H25NO2.2C19H23NO2.C19H23NO.C18H21NO/c1-5-16-13-18(23-4)10-11-19(16)17-8-6-15(7-9-17)12-20(21-3)14(2)22;1-13-11-17(22-4)9-10-18(13)16-7-5-15(6-8-16)12-19(20-3)14(2)21;1-4-15-12-17(22)9-10-18(15)16-7-5-14(6-8-16)11-19(20-3)13(2)21;1-4-16-7-5-6-8-18(16)17-11-9-15(10-12-17)13-19(20-3)14(2)21;1-13-5-4-6-17(11-13)16-9-7-15(8-10-16)12-18(19-3)14(2)20/h6-11,13,20-21H,5,12H2,1-4H3;5-11,19-20H,12H2,1-4H3;5-10,12,19-20,22H,4,11H2,1-3H3;5-12,19-20H,4,13H2,1-3H3;4-11,18-19H,12H2,1-3H3/t20-;3*19-;18-/m00000/s1. The number of benzene rings is 10. The Hall–Kier alpha value is -10.3. The number of Topliss-reactive ketones (excluding diaryl/α,β-unsaturated/α-hetero) is 5. The minimum Gasteiger partial charge on any atom is -0.508 e. The van der Waals surface area contributed by atoms with E-state index in [0.29, 0.717) is 18.6 Å². The molecular weight excluding hydrogens is 1340 g/mol. The fourth-order valence-electron chi connectivity index (χ4n) is 13.0. The van der Waals surface area contributed by atoms with Crippen LogP contribution >= 0.6 is 0 Å². The lowest BCUT2D eigenvalue weighted by Gasteiger charge is -2.14. The maximum atomic E-state index is 11.5. The quantitative estimate of drug-likeness (QED) is 0.0250. The monoisotopic (exact) mass is 1450 g/mol. The predicted molar refractivity (Wildman–Crippen MR) is 448 cm³/mol. The van der Waals surface area contributed by atoms with Crippen molar-refractivity contribution in [1.82, 2.24) is 26.6 Å². The average molecular weight is 1450 g/mol. The lowest BCUT2D eigenvalue weighted by Crippen LogP contribution is -2.34. The first-order valence-corrected chi connectivity index (χ1v) is 37.6. The molecule has 0 fully saturated rings. The lowest BCUT2D eigenvalue weighted by atomic mass is 9.95. The third kappa shape index (κ3) is 26.6. The Morgan fingerprint density at radius 1 is 0.315 bits per heavy atom. The number of rotatable bonds is 30. The Labute approximate surface area is 643 Å². The number of aryl methyl sites for hydroxylation is 5. The van der Waals surface area contributed by atoms with E-state index in [1.165, 1.54) is 77.9 Å². The molecule has 10 rings (SSSR count). The number of hydrogen-bond acceptors (Lipinski definition) is 13. The molecule has 0 aliphatic rings. The number of likely N-dealkylation sites (N-methyl/N-ethyl adjacent to an activating group) is 5. The third-order valence-corrected chi connectivity index (χ3v) is 19.8. The van der Waals surface area contributed by atoms with E-state index < -0.39 is 0 Å².